The van der Waals surface area contributed by atoms with Crippen LogP contribution in [0.25, 0.3) is 0 Å². The van der Waals surface area contributed by atoms with Crippen LogP contribution in [0.15, 0.2) is 16.8 Å². The molecule has 4 heteroatoms. The third-order valence-corrected chi connectivity index (χ3v) is 2.53. The summed E-state index contributed by atoms with van der Waals surface area (Å²) in [5.74, 6) is 0.0486. The van der Waals surface area contributed by atoms with E-state index >= 15 is 0 Å². The zero-order valence-corrected chi connectivity index (χ0v) is 8.38. The summed E-state index contributed by atoms with van der Waals surface area (Å²) in [5, 5.41) is 12.5. The Morgan fingerprint density at radius 3 is 3.00 bits per heavy atom. The molecular weight excluding hydrogens is 186 g/mol. The molecule has 72 valence electrons. The second kappa shape index (κ2) is 4.99. The number of rotatable bonds is 4. The van der Waals surface area contributed by atoms with Crippen molar-refractivity contribution in [3.63, 3.8) is 0 Å². The maximum absolute atomic E-state index is 11.4. The van der Waals surface area contributed by atoms with Gasteiger partial charge in [0.2, 0.25) is 5.91 Å². The standard InChI is InChI=1S/C9H13NO2S/c1-10(3-4-11)9(12)6-8-2-5-13-7-8/h2,5,7,11H,3-4,6H2,1H3. The van der Waals surface area contributed by atoms with Crippen molar-refractivity contribution < 1.29 is 9.90 Å². The second-order valence-corrected chi connectivity index (χ2v) is 3.63. The molecule has 0 atom stereocenters. The average molecular weight is 199 g/mol. The highest BCUT2D eigenvalue weighted by molar-refractivity contribution is 7.07. The first-order valence-corrected chi connectivity index (χ1v) is 5.04. The van der Waals surface area contributed by atoms with E-state index in [9.17, 15) is 4.79 Å². The van der Waals surface area contributed by atoms with Crippen LogP contribution in [0, 0.1) is 0 Å². The van der Waals surface area contributed by atoms with Gasteiger partial charge >= 0.3 is 0 Å². The Balaban J connectivity index is 2.41. The molecule has 0 radical (unpaired) electrons. The fraction of sp³-hybridized carbons (Fsp3) is 0.444. The van der Waals surface area contributed by atoms with Crippen molar-refractivity contribution in [2.24, 2.45) is 0 Å². The Kier molecular flexibility index (Phi) is 3.92. The van der Waals surface area contributed by atoms with Gasteiger partial charge in [0.05, 0.1) is 13.0 Å². The predicted molar refractivity (Wildman–Crippen MR) is 52.7 cm³/mol. The topological polar surface area (TPSA) is 40.5 Å². The molecule has 0 fully saturated rings. The van der Waals surface area contributed by atoms with Crippen LogP contribution in [0.2, 0.25) is 0 Å². The van der Waals surface area contributed by atoms with E-state index in [4.69, 9.17) is 5.11 Å². The zero-order chi connectivity index (χ0) is 9.68. The Bertz CT molecular complexity index is 259. The van der Waals surface area contributed by atoms with Crippen molar-refractivity contribution in [3.8, 4) is 0 Å². The normalized spacial score (nSPS) is 10.0. The first-order valence-electron chi connectivity index (χ1n) is 4.10. The van der Waals surface area contributed by atoms with Crippen LogP contribution >= 0.6 is 11.3 Å². The van der Waals surface area contributed by atoms with E-state index in [1.807, 2.05) is 16.8 Å². The van der Waals surface area contributed by atoms with Gasteiger partial charge in [-0.1, -0.05) is 0 Å². The monoisotopic (exact) mass is 199 g/mol. The van der Waals surface area contributed by atoms with Crippen molar-refractivity contribution in [2.45, 2.75) is 6.42 Å². The van der Waals surface area contributed by atoms with Crippen LogP contribution in [0.3, 0.4) is 0 Å². The van der Waals surface area contributed by atoms with E-state index in [-0.39, 0.29) is 12.5 Å². The first-order chi connectivity index (χ1) is 6.24. The number of hydrogen-bond acceptors (Lipinski definition) is 3. The molecule has 3 nitrogen and oxygen atoms in total. The summed E-state index contributed by atoms with van der Waals surface area (Å²) in [6.45, 7) is 0.425. The van der Waals surface area contributed by atoms with Gasteiger partial charge < -0.3 is 10.0 Å². The number of amides is 1. The van der Waals surface area contributed by atoms with Gasteiger partial charge in [-0.3, -0.25) is 4.79 Å². The van der Waals surface area contributed by atoms with Crippen molar-refractivity contribution in [3.05, 3.63) is 22.4 Å². The fourth-order valence-corrected chi connectivity index (χ4v) is 1.65. The highest BCUT2D eigenvalue weighted by Crippen LogP contribution is 2.07. The van der Waals surface area contributed by atoms with Crippen molar-refractivity contribution in [1.82, 2.24) is 4.90 Å². The Labute approximate surface area is 81.6 Å². The Morgan fingerprint density at radius 1 is 1.69 bits per heavy atom. The van der Waals surface area contributed by atoms with Gasteiger partial charge in [0, 0.05) is 13.6 Å². The van der Waals surface area contributed by atoms with E-state index in [2.05, 4.69) is 0 Å². The van der Waals surface area contributed by atoms with E-state index in [0.29, 0.717) is 13.0 Å². The van der Waals surface area contributed by atoms with Crippen LogP contribution in [-0.4, -0.2) is 36.1 Å². The lowest BCUT2D eigenvalue weighted by molar-refractivity contribution is -0.129. The maximum Gasteiger partial charge on any atom is 0.226 e. The van der Waals surface area contributed by atoms with Crippen molar-refractivity contribution in [1.29, 1.82) is 0 Å². The van der Waals surface area contributed by atoms with E-state index < -0.39 is 0 Å². The minimum absolute atomic E-state index is 0.0197. The predicted octanol–water partition coefficient (Wildman–Crippen LogP) is 0.741. The molecule has 0 bridgehead atoms. The highest BCUT2D eigenvalue weighted by atomic mass is 32.1. The number of thiophene rings is 1. The van der Waals surface area contributed by atoms with Gasteiger partial charge in [-0.2, -0.15) is 11.3 Å². The SMILES string of the molecule is CN(CCO)C(=O)Cc1ccsc1. The number of carbonyl (C=O) groups excluding carboxylic acids is 1. The summed E-state index contributed by atoms with van der Waals surface area (Å²) in [6, 6.07) is 1.94. The van der Waals surface area contributed by atoms with Gasteiger partial charge in [-0.05, 0) is 22.4 Å². The van der Waals surface area contributed by atoms with Gasteiger partial charge in [0.25, 0.3) is 0 Å². The van der Waals surface area contributed by atoms with Crippen LogP contribution in [-0.2, 0) is 11.2 Å². The molecule has 0 aliphatic carbocycles. The molecule has 1 rings (SSSR count). The number of aliphatic hydroxyl groups is 1. The highest BCUT2D eigenvalue weighted by Gasteiger charge is 2.08. The summed E-state index contributed by atoms with van der Waals surface area (Å²) in [6.07, 6.45) is 0.431. The molecule has 1 N–H and O–H groups in total. The van der Waals surface area contributed by atoms with E-state index in [0.717, 1.165) is 5.56 Å². The molecule has 0 saturated heterocycles. The Hall–Kier alpha value is -0.870. The summed E-state index contributed by atoms with van der Waals surface area (Å²) < 4.78 is 0. The molecule has 0 aliphatic heterocycles. The lowest BCUT2D eigenvalue weighted by Gasteiger charge is -2.14. The molecule has 0 unspecified atom stereocenters. The number of carbonyl (C=O) groups is 1. The molecule has 1 aromatic rings. The minimum atomic E-state index is 0.0197. The molecule has 1 heterocycles. The third kappa shape index (κ3) is 3.16. The van der Waals surface area contributed by atoms with Gasteiger partial charge in [-0.25, -0.2) is 0 Å². The molecule has 0 aliphatic rings. The smallest absolute Gasteiger partial charge is 0.226 e. The van der Waals surface area contributed by atoms with Gasteiger partial charge in [0.15, 0.2) is 0 Å². The largest absolute Gasteiger partial charge is 0.395 e. The van der Waals surface area contributed by atoms with Gasteiger partial charge in [-0.15, -0.1) is 0 Å². The van der Waals surface area contributed by atoms with E-state index in [1.165, 1.54) is 4.90 Å². The molecule has 1 amide bonds. The van der Waals surface area contributed by atoms with Crippen molar-refractivity contribution >= 4 is 17.2 Å². The quantitative estimate of drug-likeness (QED) is 0.777. The molecule has 1 aromatic heterocycles. The fourth-order valence-electron chi connectivity index (χ4n) is 0.978. The molecule has 0 aromatic carbocycles. The van der Waals surface area contributed by atoms with Crippen LogP contribution < -0.4 is 0 Å². The summed E-state index contributed by atoms with van der Waals surface area (Å²) in [5.41, 5.74) is 1.04. The molecule has 0 saturated carbocycles. The van der Waals surface area contributed by atoms with Crippen LogP contribution in [0.1, 0.15) is 5.56 Å². The van der Waals surface area contributed by atoms with Gasteiger partial charge in [0.1, 0.15) is 0 Å². The summed E-state index contributed by atoms with van der Waals surface area (Å²) >= 11 is 1.59. The third-order valence-electron chi connectivity index (χ3n) is 1.80. The van der Waals surface area contributed by atoms with Crippen molar-refractivity contribution in [2.75, 3.05) is 20.2 Å². The zero-order valence-electron chi connectivity index (χ0n) is 7.56. The van der Waals surface area contributed by atoms with Crippen LogP contribution in [0.5, 0.6) is 0 Å². The second-order valence-electron chi connectivity index (χ2n) is 2.85. The molecule has 0 spiro atoms. The number of aliphatic hydroxyl groups excluding tert-OH is 1. The maximum atomic E-state index is 11.4. The number of nitrogens with zero attached hydrogens (tertiary/aromatic N) is 1. The Morgan fingerprint density at radius 2 is 2.46 bits per heavy atom. The average Bonchev–Trinajstić information content (AvgIpc) is 2.57. The summed E-state index contributed by atoms with van der Waals surface area (Å²) in [4.78, 5) is 13.0. The number of hydrogen-bond donors (Lipinski definition) is 1. The lowest BCUT2D eigenvalue weighted by Crippen LogP contribution is -2.30. The summed E-state index contributed by atoms with van der Waals surface area (Å²) in [7, 11) is 1.70. The lowest BCUT2D eigenvalue weighted by atomic mass is 10.2. The van der Waals surface area contributed by atoms with Crippen LogP contribution in [0.4, 0.5) is 0 Å². The number of likely N-dealkylation sites (N-methyl/N-ethyl adjacent to an activating group) is 1. The first kappa shape index (κ1) is 10.2. The molecular formula is C9H13NO2S. The molecule has 13 heavy (non-hydrogen) atoms. The van der Waals surface area contributed by atoms with E-state index in [1.54, 1.807) is 18.4 Å². The minimum Gasteiger partial charge on any atom is -0.395 e.